The van der Waals surface area contributed by atoms with E-state index in [9.17, 15) is 19.2 Å². The van der Waals surface area contributed by atoms with Gasteiger partial charge in [-0.1, -0.05) is 32.9 Å². The van der Waals surface area contributed by atoms with E-state index in [0.29, 0.717) is 41.6 Å². The van der Waals surface area contributed by atoms with Crippen molar-refractivity contribution in [3.05, 3.63) is 34.9 Å². The summed E-state index contributed by atoms with van der Waals surface area (Å²) >= 11 is 0. The number of hydrogen-bond acceptors (Lipinski definition) is 6. The Kier molecular flexibility index (Phi) is 6.14. The topological polar surface area (TPSA) is 122 Å². The predicted molar refractivity (Wildman–Crippen MR) is 107 cm³/mol. The van der Waals surface area contributed by atoms with Crippen molar-refractivity contribution < 1.29 is 19.2 Å². The summed E-state index contributed by atoms with van der Waals surface area (Å²) in [7, 11) is 0. The molecule has 1 aromatic rings. The van der Waals surface area contributed by atoms with E-state index in [1.165, 1.54) is 0 Å². The summed E-state index contributed by atoms with van der Waals surface area (Å²) in [5.74, 6) is -1.17. The molecule has 1 fully saturated rings. The van der Waals surface area contributed by atoms with E-state index in [1.54, 1.807) is 18.2 Å². The van der Waals surface area contributed by atoms with Crippen molar-refractivity contribution in [1.29, 1.82) is 0 Å². The fourth-order valence-electron chi connectivity index (χ4n) is 3.79. The molecular weight excluding hydrogens is 372 g/mol. The molecule has 3 atom stereocenters. The quantitative estimate of drug-likeness (QED) is 0.582. The van der Waals surface area contributed by atoms with Crippen LogP contribution >= 0.6 is 0 Å². The Morgan fingerprint density at radius 2 is 1.90 bits per heavy atom. The van der Waals surface area contributed by atoms with Gasteiger partial charge in [-0.05, 0) is 29.9 Å². The van der Waals surface area contributed by atoms with Crippen LogP contribution in [0.5, 0.6) is 0 Å². The standard InChI is InChI=1S/C21H28N4O4/c1-11(2)12(3)15(22)10-23-9-13-5-4-6-14-18(13)21(29)25(20(14)28)16-7-8-17(26)24-19(16)27/h4-6,11-12,15-16,23H,7-10,22H2,1-3H3,(H,24,26,27). The number of amides is 4. The number of nitrogens with two attached hydrogens (primary N) is 1. The highest BCUT2D eigenvalue weighted by Gasteiger charge is 2.45. The lowest BCUT2D eigenvalue weighted by molar-refractivity contribution is -0.136. The van der Waals surface area contributed by atoms with E-state index in [4.69, 9.17) is 5.73 Å². The van der Waals surface area contributed by atoms with E-state index in [2.05, 4.69) is 31.4 Å². The number of nitrogens with zero attached hydrogens (tertiary/aromatic N) is 1. The van der Waals surface area contributed by atoms with Crippen molar-refractivity contribution >= 4 is 23.6 Å². The largest absolute Gasteiger partial charge is 0.326 e. The second-order valence-corrected chi connectivity index (χ2v) is 8.18. The van der Waals surface area contributed by atoms with Gasteiger partial charge in [0.25, 0.3) is 11.8 Å². The average Bonchev–Trinajstić information content (AvgIpc) is 2.92. The first-order valence-corrected chi connectivity index (χ1v) is 10.0. The van der Waals surface area contributed by atoms with Crippen LogP contribution in [0.3, 0.4) is 0 Å². The molecule has 3 rings (SSSR count). The molecule has 0 spiro atoms. The van der Waals surface area contributed by atoms with E-state index in [-0.39, 0.29) is 24.8 Å². The van der Waals surface area contributed by atoms with Crippen molar-refractivity contribution in [3.63, 3.8) is 0 Å². The summed E-state index contributed by atoms with van der Waals surface area (Å²) in [4.78, 5) is 50.4. The molecule has 0 radical (unpaired) electrons. The lowest BCUT2D eigenvalue weighted by Crippen LogP contribution is -2.54. The van der Waals surface area contributed by atoms with E-state index in [0.717, 1.165) is 4.90 Å². The van der Waals surface area contributed by atoms with E-state index >= 15 is 0 Å². The zero-order chi connectivity index (χ0) is 21.3. The lowest BCUT2D eigenvalue weighted by Gasteiger charge is -2.27. The van der Waals surface area contributed by atoms with Crippen LogP contribution in [-0.4, -0.2) is 47.2 Å². The normalized spacial score (nSPS) is 21.4. The van der Waals surface area contributed by atoms with Gasteiger partial charge in [0.1, 0.15) is 6.04 Å². The summed E-state index contributed by atoms with van der Waals surface area (Å²) < 4.78 is 0. The molecule has 4 N–H and O–H groups in total. The fourth-order valence-corrected chi connectivity index (χ4v) is 3.79. The van der Waals surface area contributed by atoms with Crippen LogP contribution in [0.2, 0.25) is 0 Å². The maximum absolute atomic E-state index is 13.0. The maximum Gasteiger partial charge on any atom is 0.262 e. The summed E-state index contributed by atoms with van der Waals surface area (Å²) in [5, 5.41) is 5.49. The van der Waals surface area contributed by atoms with E-state index < -0.39 is 23.8 Å². The Hall–Kier alpha value is -2.58. The molecule has 1 aromatic carbocycles. The monoisotopic (exact) mass is 400 g/mol. The van der Waals surface area contributed by atoms with Crippen LogP contribution in [-0.2, 0) is 16.1 Å². The number of rotatable bonds is 7. The molecule has 8 heteroatoms. The highest BCUT2D eigenvalue weighted by Crippen LogP contribution is 2.29. The molecule has 4 amide bonds. The van der Waals surface area contributed by atoms with Crippen molar-refractivity contribution in [2.24, 2.45) is 17.6 Å². The first-order chi connectivity index (χ1) is 13.7. The minimum absolute atomic E-state index is 0.0240. The van der Waals surface area contributed by atoms with Crippen LogP contribution in [0.4, 0.5) is 0 Å². The predicted octanol–water partition coefficient (Wildman–Crippen LogP) is 0.797. The minimum atomic E-state index is -0.957. The number of nitrogens with one attached hydrogen (secondary N) is 2. The van der Waals surface area contributed by atoms with E-state index in [1.807, 2.05) is 0 Å². The zero-order valence-corrected chi connectivity index (χ0v) is 17.0. The van der Waals surface area contributed by atoms with Gasteiger partial charge in [-0.2, -0.15) is 0 Å². The number of carbonyl (C=O) groups excluding carboxylic acids is 4. The first kappa shape index (κ1) is 21.1. The van der Waals surface area contributed by atoms with Crippen molar-refractivity contribution in [2.75, 3.05) is 6.54 Å². The van der Waals surface area contributed by atoms with Gasteiger partial charge in [0, 0.05) is 25.6 Å². The molecule has 29 heavy (non-hydrogen) atoms. The third kappa shape index (κ3) is 4.09. The molecule has 0 aliphatic carbocycles. The first-order valence-electron chi connectivity index (χ1n) is 10.0. The van der Waals surface area contributed by atoms with Gasteiger partial charge in [-0.25, -0.2) is 0 Å². The molecule has 0 saturated carbocycles. The summed E-state index contributed by atoms with van der Waals surface area (Å²) in [6.07, 6.45) is 0.246. The van der Waals surface area contributed by atoms with Crippen LogP contribution in [0.15, 0.2) is 18.2 Å². The third-order valence-electron chi connectivity index (χ3n) is 5.98. The number of benzene rings is 1. The third-order valence-corrected chi connectivity index (χ3v) is 5.98. The average molecular weight is 400 g/mol. The smallest absolute Gasteiger partial charge is 0.262 e. The van der Waals surface area contributed by atoms with Crippen molar-refractivity contribution in [1.82, 2.24) is 15.5 Å². The summed E-state index contributed by atoms with van der Waals surface area (Å²) in [6, 6.07) is 4.14. The van der Waals surface area contributed by atoms with Crippen LogP contribution < -0.4 is 16.4 Å². The molecule has 2 heterocycles. The summed E-state index contributed by atoms with van der Waals surface area (Å²) in [6.45, 7) is 7.34. The fraction of sp³-hybridized carbons (Fsp3) is 0.524. The molecule has 8 nitrogen and oxygen atoms in total. The van der Waals surface area contributed by atoms with Crippen LogP contribution in [0.25, 0.3) is 0 Å². The Balaban J connectivity index is 1.75. The number of carbonyl (C=O) groups is 4. The Morgan fingerprint density at radius 3 is 2.55 bits per heavy atom. The zero-order valence-electron chi connectivity index (χ0n) is 17.0. The van der Waals surface area contributed by atoms with Crippen molar-refractivity contribution in [2.45, 2.75) is 52.2 Å². The number of hydrogen-bond donors (Lipinski definition) is 3. The Bertz CT molecular complexity index is 851. The van der Waals surface area contributed by atoms with Gasteiger partial charge in [0.05, 0.1) is 11.1 Å². The molecule has 0 aromatic heterocycles. The molecule has 3 unspecified atom stereocenters. The van der Waals surface area contributed by atoms with Gasteiger partial charge in [0.2, 0.25) is 11.8 Å². The molecule has 2 aliphatic rings. The molecular formula is C21H28N4O4. The van der Waals surface area contributed by atoms with Gasteiger partial charge < -0.3 is 11.1 Å². The highest BCUT2D eigenvalue weighted by molar-refractivity contribution is 6.24. The number of fused-ring (bicyclic) bond motifs is 1. The van der Waals surface area contributed by atoms with Crippen molar-refractivity contribution in [3.8, 4) is 0 Å². The van der Waals surface area contributed by atoms with Gasteiger partial charge in [-0.3, -0.25) is 29.4 Å². The molecule has 156 valence electrons. The van der Waals surface area contributed by atoms with Crippen LogP contribution in [0.1, 0.15) is 59.9 Å². The molecule has 0 bridgehead atoms. The lowest BCUT2D eigenvalue weighted by atomic mass is 9.91. The van der Waals surface area contributed by atoms with Gasteiger partial charge >= 0.3 is 0 Å². The van der Waals surface area contributed by atoms with Gasteiger partial charge in [0.15, 0.2) is 0 Å². The van der Waals surface area contributed by atoms with Gasteiger partial charge in [-0.15, -0.1) is 0 Å². The number of imide groups is 2. The van der Waals surface area contributed by atoms with Crippen LogP contribution in [0, 0.1) is 11.8 Å². The maximum atomic E-state index is 13.0. The number of piperidine rings is 1. The molecule has 2 aliphatic heterocycles. The second kappa shape index (κ2) is 8.42. The second-order valence-electron chi connectivity index (χ2n) is 8.18. The Morgan fingerprint density at radius 1 is 1.17 bits per heavy atom. The summed E-state index contributed by atoms with van der Waals surface area (Å²) in [5.41, 5.74) is 7.53. The highest BCUT2D eigenvalue weighted by atomic mass is 16.2. The SMILES string of the molecule is CC(C)C(C)C(N)CNCc1cccc2c1C(=O)N(C1CCC(=O)NC1=O)C2=O. The minimum Gasteiger partial charge on any atom is -0.326 e. The Labute approximate surface area is 170 Å². The molecule has 1 saturated heterocycles.